The van der Waals surface area contributed by atoms with Crippen molar-refractivity contribution < 1.29 is 9.47 Å². The van der Waals surface area contributed by atoms with Crippen LogP contribution < -0.4 is 16.0 Å². The fraction of sp³-hybridized carbons (Fsp3) is 0.692. The van der Waals surface area contributed by atoms with Gasteiger partial charge in [-0.2, -0.15) is 4.98 Å². The molecule has 0 saturated carbocycles. The molecule has 0 bridgehead atoms. The van der Waals surface area contributed by atoms with Crippen LogP contribution in [0.3, 0.4) is 0 Å². The Kier molecular flexibility index (Phi) is 7.86. The van der Waals surface area contributed by atoms with Gasteiger partial charge in [-0.05, 0) is 20.0 Å². The SMILES string of the molecule is CCOCc1nc(NN)cc(OCCN(CC)CC)n1. The van der Waals surface area contributed by atoms with Gasteiger partial charge in [0.15, 0.2) is 5.82 Å². The van der Waals surface area contributed by atoms with Crippen molar-refractivity contribution in [2.75, 3.05) is 38.3 Å². The molecule has 20 heavy (non-hydrogen) atoms. The van der Waals surface area contributed by atoms with Gasteiger partial charge < -0.3 is 19.8 Å². The number of hydrogen-bond donors (Lipinski definition) is 2. The van der Waals surface area contributed by atoms with Crippen molar-refractivity contribution in [1.82, 2.24) is 14.9 Å². The van der Waals surface area contributed by atoms with Gasteiger partial charge >= 0.3 is 0 Å². The second-order valence-electron chi connectivity index (χ2n) is 4.16. The van der Waals surface area contributed by atoms with Crippen LogP contribution in [-0.2, 0) is 11.3 Å². The Morgan fingerprint density at radius 2 is 2.00 bits per heavy atom. The van der Waals surface area contributed by atoms with Crippen LogP contribution in [0.4, 0.5) is 5.82 Å². The summed E-state index contributed by atoms with van der Waals surface area (Å²) in [5.74, 6) is 6.98. The molecule has 0 aliphatic rings. The predicted molar refractivity (Wildman–Crippen MR) is 78.5 cm³/mol. The molecule has 0 aliphatic heterocycles. The van der Waals surface area contributed by atoms with Crippen molar-refractivity contribution in [1.29, 1.82) is 0 Å². The molecule has 3 N–H and O–H groups in total. The maximum absolute atomic E-state index is 5.66. The standard InChI is InChI=1S/C13H25N5O2/c1-4-18(5-2)7-8-20-13-9-11(17-14)15-12(16-13)10-19-6-3/h9H,4-8,10,14H2,1-3H3,(H,15,16,17). The summed E-state index contributed by atoms with van der Waals surface area (Å²) in [5.41, 5.74) is 2.51. The van der Waals surface area contributed by atoms with E-state index < -0.39 is 0 Å². The summed E-state index contributed by atoms with van der Waals surface area (Å²) < 4.78 is 11.0. The van der Waals surface area contributed by atoms with E-state index in [9.17, 15) is 0 Å². The second-order valence-corrected chi connectivity index (χ2v) is 4.16. The summed E-state index contributed by atoms with van der Waals surface area (Å²) in [4.78, 5) is 10.8. The third kappa shape index (κ3) is 5.68. The molecule has 0 saturated heterocycles. The molecule has 0 radical (unpaired) electrons. The molecule has 1 rings (SSSR count). The van der Waals surface area contributed by atoms with Crippen molar-refractivity contribution in [3.8, 4) is 5.88 Å². The number of ether oxygens (including phenoxy) is 2. The highest BCUT2D eigenvalue weighted by Crippen LogP contribution is 2.13. The molecule has 1 heterocycles. The summed E-state index contributed by atoms with van der Waals surface area (Å²) in [5, 5.41) is 0. The molecule has 1 aromatic rings. The van der Waals surface area contributed by atoms with Gasteiger partial charge in [-0.3, -0.25) is 0 Å². The van der Waals surface area contributed by atoms with E-state index in [-0.39, 0.29) is 0 Å². The molecule has 0 spiro atoms. The van der Waals surface area contributed by atoms with Crippen molar-refractivity contribution in [2.24, 2.45) is 5.84 Å². The molecule has 7 nitrogen and oxygen atoms in total. The van der Waals surface area contributed by atoms with Crippen LogP contribution in [0.25, 0.3) is 0 Å². The van der Waals surface area contributed by atoms with Crippen molar-refractivity contribution in [3.05, 3.63) is 11.9 Å². The van der Waals surface area contributed by atoms with Crippen molar-refractivity contribution >= 4 is 5.82 Å². The Balaban J connectivity index is 2.59. The van der Waals surface area contributed by atoms with Gasteiger partial charge in [-0.15, -0.1) is 0 Å². The number of hydrogen-bond acceptors (Lipinski definition) is 7. The Hall–Kier alpha value is -1.44. The number of nitrogens with zero attached hydrogens (tertiary/aromatic N) is 3. The van der Waals surface area contributed by atoms with Crippen LogP contribution in [0.5, 0.6) is 5.88 Å². The number of rotatable bonds is 10. The largest absolute Gasteiger partial charge is 0.476 e. The van der Waals surface area contributed by atoms with Crippen LogP contribution in [0.1, 0.15) is 26.6 Å². The number of nitrogens with two attached hydrogens (primary N) is 1. The zero-order valence-electron chi connectivity index (χ0n) is 12.6. The highest BCUT2D eigenvalue weighted by atomic mass is 16.5. The second kappa shape index (κ2) is 9.46. The van der Waals surface area contributed by atoms with Gasteiger partial charge in [-0.25, -0.2) is 10.8 Å². The number of hydrazine groups is 1. The molecule has 0 fully saturated rings. The Bertz CT molecular complexity index is 385. The fourth-order valence-electron chi connectivity index (χ4n) is 1.70. The topological polar surface area (TPSA) is 85.5 Å². The van der Waals surface area contributed by atoms with Crippen LogP contribution in [-0.4, -0.2) is 47.7 Å². The van der Waals surface area contributed by atoms with E-state index in [1.807, 2.05) is 6.92 Å². The highest BCUT2D eigenvalue weighted by Gasteiger charge is 2.06. The fourth-order valence-corrected chi connectivity index (χ4v) is 1.70. The molecule has 0 atom stereocenters. The number of anilines is 1. The van der Waals surface area contributed by atoms with Crippen LogP contribution in [0.15, 0.2) is 6.07 Å². The lowest BCUT2D eigenvalue weighted by Crippen LogP contribution is -2.28. The molecule has 0 aliphatic carbocycles. The first-order chi connectivity index (χ1) is 9.73. The Morgan fingerprint density at radius 1 is 1.25 bits per heavy atom. The third-order valence-corrected chi connectivity index (χ3v) is 2.88. The number of likely N-dealkylation sites (N-methyl/N-ethyl adjacent to an activating group) is 1. The van der Waals surface area contributed by atoms with E-state index in [1.165, 1.54) is 0 Å². The zero-order valence-corrected chi connectivity index (χ0v) is 12.6. The highest BCUT2D eigenvalue weighted by molar-refractivity contribution is 5.36. The minimum absolute atomic E-state index is 0.346. The van der Waals surface area contributed by atoms with Crippen molar-refractivity contribution in [2.45, 2.75) is 27.4 Å². The minimum atomic E-state index is 0.346. The number of nitrogen functional groups attached to an aromatic ring is 1. The third-order valence-electron chi connectivity index (χ3n) is 2.88. The quantitative estimate of drug-likeness (QED) is 0.490. The van der Waals surface area contributed by atoms with E-state index >= 15 is 0 Å². The van der Waals surface area contributed by atoms with Gasteiger partial charge in [0, 0.05) is 19.2 Å². The zero-order chi connectivity index (χ0) is 14.8. The van der Waals surface area contributed by atoms with E-state index in [0.29, 0.717) is 37.3 Å². The number of aromatic nitrogens is 2. The Labute approximate surface area is 120 Å². The number of nitrogens with one attached hydrogen (secondary N) is 1. The van der Waals surface area contributed by atoms with Crippen LogP contribution in [0.2, 0.25) is 0 Å². The molecule has 0 aromatic carbocycles. The predicted octanol–water partition coefficient (Wildman–Crippen LogP) is 1.02. The lowest BCUT2D eigenvalue weighted by Gasteiger charge is -2.18. The summed E-state index contributed by atoms with van der Waals surface area (Å²) >= 11 is 0. The first kappa shape index (κ1) is 16.6. The minimum Gasteiger partial charge on any atom is -0.476 e. The van der Waals surface area contributed by atoms with Crippen LogP contribution in [0, 0.1) is 0 Å². The first-order valence-corrected chi connectivity index (χ1v) is 7.00. The lowest BCUT2D eigenvalue weighted by molar-refractivity contribution is 0.127. The molecule has 1 aromatic heterocycles. The van der Waals surface area contributed by atoms with E-state index in [4.69, 9.17) is 15.3 Å². The Morgan fingerprint density at radius 3 is 2.60 bits per heavy atom. The molecule has 0 amide bonds. The molecular weight excluding hydrogens is 258 g/mol. The average molecular weight is 283 g/mol. The van der Waals surface area contributed by atoms with E-state index in [1.54, 1.807) is 6.07 Å². The summed E-state index contributed by atoms with van der Waals surface area (Å²) in [6.45, 7) is 10.6. The normalized spacial score (nSPS) is 10.8. The van der Waals surface area contributed by atoms with Crippen molar-refractivity contribution in [3.63, 3.8) is 0 Å². The monoisotopic (exact) mass is 283 g/mol. The van der Waals surface area contributed by atoms with Crippen LogP contribution >= 0.6 is 0 Å². The lowest BCUT2D eigenvalue weighted by atomic mass is 10.5. The first-order valence-electron chi connectivity index (χ1n) is 7.00. The summed E-state index contributed by atoms with van der Waals surface area (Å²) in [7, 11) is 0. The van der Waals surface area contributed by atoms with Gasteiger partial charge in [0.2, 0.25) is 5.88 Å². The van der Waals surface area contributed by atoms with E-state index in [0.717, 1.165) is 19.6 Å². The van der Waals surface area contributed by atoms with Gasteiger partial charge in [-0.1, -0.05) is 13.8 Å². The average Bonchev–Trinajstić information content (AvgIpc) is 2.49. The molecule has 0 unspecified atom stereocenters. The molecular formula is C13H25N5O2. The smallest absolute Gasteiger partial charge is 0.218 e. The molecule has 114 valence electrons. The van der Waals surface area contributed by atoms with Gasteiger partial charge in [0.05, 0.1) is 0 Å². The van der Waals surface area contributed by atoms with E-state index in [2.05, 4.69) is 34.1 Å². The molecule has 7 heteroatoms. The maximum atomic E-state index is 5.66. The van der Waals surface area contributed by atoms with Gasteiger partial charge in [0.25, 0.3) is 0 Å². The summed E-state index contributed by atoms with van der Waals surface area (Å²) in [6, 6.07) is 1.68. The van der Waals surface area contributed by atoms with Gasteiger partial charge in [0.1, 0.15) is 19.0 Å². The maximum Gasteiger partial charge on any atom is 0.218 e. The summed E-state index contributed by atoms with van der Waals surface area (Å²) in [6.07, 6.45) is 0.